The molecular weight excluding hydrogens is 252 g/mol. The van der Waals surface area contributed by atoms with E-state index in [1.807, 2.05) is 31.2 Å². The van der Waals surface area contributed by atoms with Crippen LogP contribution in [0, 0.1) is 12.3 Å². The number of hydrogen-bond acceptors (Lipinski definition) is 3. The van der Waals surface area contributed by atoms with Crippen molar-refractivity contribution in [1.82, 2.24) is 0 Å². The van der Waals surface area contributed by atoms with Crippen molar-refractivity contribution in [3.05, 3.63) is 59.7 Å². The van der Waals surface area contributed by atoms with E-state index in [1.165, 1.54) is 5.56 Å². The van der Waals surface area contributed by atoms with Gasteiger partial charge in [0.05, 0.1) is 0 Å². The molecule has 0 bridgehead atoms. The van der Waals surface area contributed by atoms with Crippen molar-refractivity contribution in [2.45, 2.75) is 6.92 Å². The Hall–Kier alpha value is -2.49. The molecule has 2 rings (SSSR count). The van der Waals surface area contributed by atoms with E-state index in [0.717, 1.165) is 11.5 Å². The monoisotopic (exact) mass is 270 g/mol. The first-order valence-corrected chi connectivity index (χ1v) is 6.42. The summed E-state index contributed by atoms with van der Waals surface area (Å²) in [6.45, 7) is 2.99. The van der Waals surface area contributed by atoms with Crippen LogP contribution >= 0.6 is 0 Å². The third-order valence-electron chi connectivity index (χ3n) is 2.81. The van der Waals surface area contributed by atoms with Gasteiger partial charge in [-0.15, -0.1) is 0 Å². The molecule has 0 unspecified atom stereocenters. The normalized spacial score (nSPS) is 10.1. The summed E-state index contributed by atoms with van der Waals surface area (Å²) in [5.74, 6) is 1.63. The Kier molecular flexibility index (Phi) is 4.60. The van der Waals surface area contributed by atoms with Crippen LogP contribution in [0.1, 0.15) is 11.1 Å². The van der Waals surface area contributed by atoms with Crippen LogP contribution < -0.4 is 15.2 Å². The highest BCUT2D eigenvalue weighted by Gasteiger charge is 1.98. The van der Waals surface area contributed by atoms with E-state index in [0.29, 0.717) is 18.8 Å². The molecule has 2 aromatic rings. The average molecular weight is 270 g/mol. The highest BCUT2D eigenvalue weighted by atomic mass is 16.5. The molecule has 2 aromatic carbocycles. The third-order valence-corrected chi connectivity index (χ3v) is 2.81. The minimum Gasteiger partial charge on any atom is -0.490 e. The number of hydrogen-bond donors (Lipinski definition) is 2. The lowest BCUT2D eigenvalue weighted by molar-refractivity contribution is 0.217. The molecule has 0 spiro atoms. The number of aryl methyl sites for hydroxylation is 1. The number of nitrogens with one attached hydrogen (secondary N) is 1. The molecule has 0 aromatic heterocycles. The van der Waals surface area contributed by atoms with Crippen molar-refractivity contribution in [2.75, 3.05) is 13.2 Å². The molecule has 4 nitrogen and oxygen atoms in total. The van der Waals surface area contributed by atoms with Crippen molar-refractivity contribution in [3.8, 4) is 11.5 Å². The van der Waals surface area contributed by atoms with Gasteiger partial charge in [0.15, 0.2) is 0 Å². The predicted octanol–water partition coefficient (Wildman–Crippen LogP) is 2.74. The molecule has 0 radical (unpaired) electrons. The Morgan fingerprint density at radius 2 is 1.35 bits per heavy atom. The van der Waals surface area contributed by atoms with E-state index >= 15 is 0 Å². The van der Waals surface area contributed by atoms with Gasteiger partial charge in [0.1, 0.15) is 30.5 Å². The molecular formula is C16H18N2O2. The smallest absolute Gasteiger partial charge is 0.122 e. The van der Waals surface area contributed by atoms with Crippen LogP contribution in [0.2, 0.25) is 0 Å². The molecule has 0 fully saturated rings. The maximum atomic E-state index is 7.30. The zero-order chi connectivity index (χ0) is 14.4. The van der Waals surface area contributed by atoms with E-state index < -0.39 is 0 Å². The zero-order valence-corrected chi connectivity index (χ0v) is 11.4. The summed E-state index contributed by atoms with van der Waals surface area (Å²) < 4.78 is 11.1. The molecule has 4 heteroatoms. The van der Waals surface area contributed by atoms with Crippen LogP contribution in [0.15, 0.2) is 48.5 Å². The standard InChI is InChI=1S/C16H18N2O2/c1-12-2-6-14(7-3-12)19-10-11-20-15-8-4-13(5-9-15)16(17)18/h2-9H,10-11H2,1H3,(H3,17,18). The molecule has 0 aliphatic heterocycles. The summed E-state index contributed by atoms with van der Waals surface area (Å²) in [7, 11) is 0. The van der Waals surface area contributed by atoms with Gasteiger partial charge in [-0.3, -0.25) is 5.41 Å². The topological polar surface area (TPSA) is 68.3 Å². The SMILES string of the molecule is Cc1ccc(OCCOc2ccc(C(=N)N)cc2)cc1. The van der Waals surface area contributed by atoms with Crippen molar-refractivity contribution in [2.24, 2.45) is 5.73 Å². The predicted molar refractivity (Wildman–Crippen MR) is 79.6 cm³/mol. The van der Waals surface area contributed by atoms with Crippen LogP contribution in [0.3, 0.4) is 0 Å². The van der Waals surface area contributed by atoms with Gasteiger partial charge >= 0.3 is 0 Å². The number of ether oxygens (including phenoxy) is 2. The Morgan fingerprint density at radius 3 is 1.80 bits per heavy atom. The lowest BCUT2D eigenvalue weighted by Gasteiger charge is -2.09. The maximum absolute atomic E-state index is 7.30. The molecule has 0 saturated heterocycles. The van der Waals surface area contributed by atoms with Gasteiger partial charge in [-0.05, 0) is 43.3 Å². The quantitative estimate of drug-likeness (QED) is 0.482. The van der Waals surface area contributed by atoms with Crippen molar-refractivity contribution in [1.29, 1.82) is 5.41 Å². The number of amidine groups is 1. The van der Waals surface area contributed by atoms with Crippen LogP contribution in [0.25, 0.3) is 0 Å². The van der Waals surface area contributed by atoms with Crippen LogP contribution in [0.5, 0.6) is 11.5 Å². The third kappa shape index (κ3) is 4.02. The molecule has 0 atom stereocenters. The van der Waals surface area contributed by atoms with Gasteiger partial charge < -0.3 is 15.2 Å². The Bertz CT molecular complexity index is 562. The highest BCUT2D eigenvalue weighted by Crippen LogP contribution is 2.13. The number of nitrogen functional groups attached to an aromatic ring is 1. The van der Waals surface area contributed by atoms with E-state index in [4.69, 9.17) is 20.6 Å². The summed E-state index contributed by atoms with van der Waals surface area (Å²) in [4.78, 5) is 0. The lowest BCUT2D eigenvalue weighted by Crippen LogP contribution is -2.11. The van der Waals surface area contributed by atoms with Crippen molar-refractivity contribution < 1.29 is 9.47 Å². The largest absolute Gasteiger partial charge is 0.490 e. The number of benzene rings is 2. The van der Waals surface area contributed by atoms with Crippen LogP contribution in [-0.4, -0.2) is 19.0 Å². The summed E-state index contributed by atoms with van der Waals surface area (Å²) >= 11 is 0. The fourth-order valence-corrected chi connectivity index (χ4v) is 1.68. The molecule has 104 valence electrons. The second-order valence-electron chi connectivity index (χ2n) is 4.45. The fraction of sp³-hybridized carbons (Fsp3) is 0.188. The number of nitrogens with two attached hydrogens (primary N) is 1. The Morgan fingerprint density at radius 1 is 0.900 bits per heavy atom. The molecule has 0 saturated carbocycles. The fourth-order valence-electron chi connectivity index (χ4n) is 1.68. The number of rotatable bonds is 6. The molecule has 0 amide bonds. The van der Waals surface area contributed by atoms with Gasteiger partial charge in [-0.2, -0.15) is 0 Å². The van der Waals surface area contributed by atoms with Gasteiger partial charge in [0.25, 0.3) is 0 Å². The van der Waals surface area contributed by atoms with Crippen molar-refractivity contribution in [3.63, 3.8) is 0 Å². The minimum absolute atomic E-state index is 0.0549. The van der Waals surface area contributed by atoms with Crippen LogP contribution in [0.4, 0.5) is 0 Å². The second-order valence-corrected chi connectivity index (χ2v) is 4.45. The summed E-state index contributed by atoms with van der Waals surface area (Å²) in [5, 5.41) is 7.30. The van der Waals surface area contributed by atoms with E-state index in [2.05, 4.69) is 0 Å². The average Bonchev–Trinajstić information content (AvgIpc) is 2.46. The summed E-state index contributed by atoms with van der Waals surface area (Å²) in [6, 6.07) is 15.0. The van der Waals surface area contributed by atoms with Crippen molar-refractivity contribution >= 4 is 5.84 Å². The highest BCUT2D eigenvalue weighted by molar-refractivity contribution is 5.94. The second kappa shape index (κ2) is 6.61. The van der Waals surface area contributed by atoms with E-state index in [-0.39, 0.29) is 5.84 Å². The minimum atomic E-state index is 0.0549. The first-order valence-electron chi connectivity index (χ1n) is 6.42. The lowest BCUT2D eigenvalue weighted by atomic mass is 10.2. The Balaban J connectivity index is 1.75. The van der Waals surface area contributed by atoms with Crippen LogP contribution in [-0.2, 0) is 0 Å². The first kappa shape index (κ1) is 13.9. The maximum Gasteiger partial charge on any atom is 0.122 e. The van der Waals surface area contributed by atoms with Gasteiger partial charge in [0, 0.05) is 5.56 Å². The zero-order valence-electron chi connectivity index (χ0n) is 11.4. The molecule has 20 heavy (non-hydrogen) atoms. The summed E-state index contributed by atoms with van der Waals surface area (Å²) in [6.07, 6.45) is 0. The van der Waals surface area contributed by atoms with Gasteiger partial charge in [-0.1, -0.05) is 17.7 Å². The first-order chi connectivity index (χ1) is 9.65. The molecule has 0 heterocycles. The Labute approximate surface area is 118 Å². The summed E-state index contributed by atoms with van der Waals surface area (Å²) in [5.41, 5.74) is 7.28. The molecule has 0 aliphatic rings. The molecule has 3 N–H and O–H groups in total. The van der Waals surface area contributed by atoms with E-state index in [1.54, 1.807) is 24.3 Å². The van der Waals surface area contributed by atoms with Gasteiger partial charge in [0.2, 0.25) is 0 Å². The van der Waals surface area contributed by atoms with Gasteiger partial charge in [-0.25, -0.2) is 0 Å². The molecule has 0 aliphatic carbocycles. The van der Waals surface area contributed by atoms with E-state index in [9.17, 15) is 0 Å².